The van der Waals surface area contributed by atoms with Gasteiger partial charge in [-0.2, -0.15) is 0 Å². The molecule has 0 aromatic heterocycles. The Morgan fingerprint density at radius 1 is 0.500 bits per heavy atom. The summed E-state index contributed by atoms with van der Waals surface area (Å²) >= 11 is 0. The van der Waals surface area contributed by atoms with Gasteiger partial charge in [0.25, 0.3) is 0 Å². The minimum absolute atomic E-state index is 0.146. The van der Waals surface area contributed by atoms with Crippen molar-refractivity contribution in [2.45, 2.75) is 105 Å². The molecule has 0 heterocycles. The molecular formula is C48H54. The smallest absolute Gasteiger partial charge is 0.0167 e. The summed E-state index contributed by atoms with van der Waals surface area (Å²) in [6, 6.07) is 32.9. The second-order valence-corrected chi connectivity index (χ2v) is 16.6. The summed E-state index contributed by atoms with van der Waals surface area (Å²) in [5.41, 5.74) is 20.7. The molecular weight excluding hydrogens is 577 g/mol. The molecule has 0 heteroatoms. The summed E-state index contributed by atoms with van der Waals surface area (Å²) in [7, 11) is 0. The predicted molar refractivity (Wildman–Crippen MR) is 208 cm³/mol. The molecule has 1 saturated carbocycles. The van der Waals surface area contributed by atoms with E-state index in [2.05, 4.69) is 153 Å². The molecule has 4 aromatic rings. The van der Waals surface area contributed by atoms with Crippen molar-refractivity contribution < 1.29 is 0 Å². The molecule has 3 aliphatic rings. The van der Waals surface area contributed by atoms with Gasteiger partial charge in [0.1, 0.15) is 0 Å². The quantitative estimate of drug-likeness (QED) is 0.199. The molecule has 0 aliphatic heterocycles. The van der Waals surface area contributed by atoms with E-state index in [-0.39, 0.29) is 10.8 Å². The molecule has 0 nitrogen and oxygen atoms in total. The zero-order valence-electron chi connectivity index (χ0n) is 30.6. The van der Waals surface area contributed by atoms with Crippen molar-refractivity contribution in [2.75, 3.05) is 0 Å². The summed E-state index contributed by atoms with van der Waals surface area (Å²) < 4.78 is 0. The molecule has 3 aliphatic carbocycles. The van der Waals surface area contributed by atoms with Gasteiger partial charge >= 0.3 is 0 Å². The van der Waals surface area contributed by atoms with Gasteiger partial charge in [0.2, 0.25) is 0 Å². The van der Waals surface area contributed by atoms with E-state index in [4.69, 9.17) is 0 Å². The summed E-state index contributed by atoms with van der Waals surface area (Å²) in [6.45, 7) is 18.6. The van der Waals surface area contributed by atoms with Gasteiger partial charge in [-0.1, -0.05) is 164 Å². The highest BCUT2D eigenvalue weighted by Gasteiger charge is 2.40. The predicted octanol–water partition coefficient (Wildman–Crippen LogP) is 13.6. The largest absolute Gasteiger partial charge is 0.0616 e. The maximum atomic E-state index is 2.52. The number of rotatable bonds is 6. The van der Waals surface area contributed by atoms with E-state index in [1.807, 2.05) is 0 Å². The summed E-state index contributed by atoms with van der Waals surface area (Å²) in [6.07, 6.45) is 12.3. The van der Waals surface area contributed by atoms with Crippen molar-refractivity contribution in [2.24, 2.45) is 11.8 Å². The Hall–Kier alpha value is -3.64. The molecule has 0 bridgehead atoms. The third-order valence-corrected chi connectivity index (χ3v) is 11.5. The molecule has 1 fully saturated rings. The van der Waals surface area contributed by atoms with E-state index in [9.17, 15) is 0 Å². The molecule has 0 spiro atoms. The van der Waals surface area contributed by atoms with E-state index in [0.29, 0.717) is 11.8 Å². The van der Waals surface area contributed by atoms with E-state index < -0.39 is 0 Å². The van der Waals surface area contributed by atoms with Crippen LogP contribution in [-0.2, 0) is 10.8 Å². The number of fused-ring (bicyclic) bond motifs is 2. The summed E-state index contributed by atoms with van der Waals surface area (Å²) in [5.74, 6) is 1.02. The van der Waals surface area contributed by atoms with Crippen molar-refractivity contribution in [1.29, 1.82) is 0 Å². The Morgan fingerprint density at radius 3 is 1.21 bits per heavy atom. The monoisotopic (exact) mass is 630 g/mol. The van der Waals surface area contributed by atoms with Crippen LogP contribution in [0, 0.1) is 24.7 Å². The van der Waals surface area contributed by atoms with Gasteiger partial charge in [-0.15, -0.1) is 0 Å². The van der Waals surface area contributed by atoms with Crippen LogP contribution < -0.4 is 0 Å². The van der Waals surface area contributed by atoms with Gasteiger partial charge in [-0.25, -0.2) is 0 Å². The first-order chi connectivity index (χ1) is 23.0. The molecule has 48 heavy (non-hydrogen) atoms. The van der Waals surface area contributed by atoms with Crippen LogP contribution in [0.1, 0.15) is 127 Å². The van der Waals surface area contributed by atoms with E-state index in [0.717, 1.165) is 12.8 Å². The SMILES string of the molecule is CCC1=C(C2CCCCC2C2=C(CC)[CH]c3cccc(-c4ccc(C(C)(C)C)cc4)c32)c2c(cccc2-c2ccc(C(C)(C)C)cc2)[CH]1. The Labute approximate surface area is 291 Å². The van der Waals surface area contributed by atoms with Crippen LogP contribution in [-0.4, -0.2) is 0 Å². The average Bonchev–Trinajstić information content (AvgIpc) is 3.66. The number of hydrogen-bond donors (Lipinski definition) is 0. The zero-order chi connectivity index (χ0) is 33.8. The molecule has 0 amide bonds. The lowest BCUT2D eigenvalue weighted by Gasteiger charge is -2.37. The normalized spacial score (nSPS) is 19.6. The molecule has 7 rings (SSSR count). The van der Waals surface area contributed by atoms with Gasteiger partial charge in [0, 0.05) is 12.8 Å². The van der Waals surface area contributed by atoms with Gasteiger partial charge in [-0.3, -0.25) is 0 Å². The molecule has 4 aromatic carbocycles. The fraction of sp³-hybridized carbons (Fsp3) is 0.375. The molecule has 0 saturated heterocycles. The maximum absolute atomic E-state index is 2.52. The standard InChI is InChI=1S/C48H54/c1-9-31-29-35-15-13-19-39(33-21-25-37(26-22-33)47(3,4)5)45(35)43(31)41-17-11-12-18-42(41)44-32(10-2)30-36-16-14-20-40(46(36)44)34-23-27-38(28-24-34)48(6,7)8/h13-16,19-30,41-42H,9-12,17-18H2,1-8H3. The van der Waals surface area contributed by atoms with Crippen molar-refractivity contribution in [1.82, 2.24) is 0 Å². The van der Waals surface area contributed by atoms with Crippen LogP contribution in [0.2, 0.25) is 0 Å². The van der Waals surface area contributed by atoms with Crippen molar-refractivity contribution in [3.05, 3.63) is 142 Å². The van der Waals surface area contributed by atoms with E-state index >= 15 is 0 Å². The first kappa shape index (κ1) is 32.9. The van der Waals surface area contributed by atoms with Crippen LogP contribution in [0.25, 0.3) is 33.4 Å². The third-order valence-electron chi connectivity index (χ3n) is 11.5. The van der Waals surface area contributed by atoms with Crippen molar-refractivity contribution in [3.63, 3.8) is 0 Å². The van der Waals surface area contributed by atoms with Crippen LogP contribution in [0.4, 0.5) is 0 Å². The second kappa shape index (κ2) is 12.7. The number of allylic oxidation sites excluding steroid dienone is 4. The highest BCUT2D eigenvalue weighted by molar-refractivity contribution is 5.95. The first-order valence-electron chi connectivity index (χ1n) is 18.6. The molecule has 0 N–H and O–H groups in total. The highest BCUT2D eigenvalue weighted by atomic mass is 14.4. The van der Waals surface area contributed by atoms with Gasteiger partial charge < -0.3 is 0 Å². The van der Waals surface area contributed by atoms with Gasteiger partial charge in [0.15, 0.2) is 0 Å². The second-order valence-electron chi connectivity index (χ2n) is 16.6. The lowest BCUT2D eigenvalue weighted by atomic mass is 9.67. The zero-order valence-corrected chi connectivity index (χ0v) is 30.6. The average molecular weight is 631 g/mol. The number of benzene rings is 4. The lowest BCUT2D eigenvalue weighted by molar-refractivity contribution is 0.355. The van der Waals surface area contributed by atoms with Crippen LogP contribution in [0.15, 0.2) is 96.1 Å². The first-order valence-corrected chi connectivity index (χ1v) is 18.6. The van der Waals surface area contributed by atoms with Crippen molar-refractivity contribution >= 4 is 11.1 Å². The fourth-order valence-corrected chi connectivity index (χ4v) is 8.87. The fourth-order valence-electron chi connectivity index (χ4n) is 8.87. The van der Waals surface area contributed by atoms with Gasteiger partial charge in [0.05, 0.1) is 0 Å². The van der Waals surface area contributed by atoms with Crippen LogP contribution in [0.5, 0.6) is 0 Å². The minimum Gasteiger partial charge on any atom is -0.0616 e. The topological polar surface area (TPSA) is 0 Å². The van der Waals surface area contributed by atoms with E-state index in [1.165, 1.54) is 81.3 Å². The summed E-state index contributed by atoms with van der Waals surface area (Å²) in [5, 5.41) is 0. The van der Waals surface area contributed by atoms with Gasteiger partial charge in [-0.05, 0) is 115 Å². The third kappa shape index (κ3) is 5.84. The van der Waals surface area contributed by atoms with Crippen LogP contribution >= 0.6 is 0 Å². The van der Waals surface area contributed by atoms with Crippen LogP contribution in [0.3, 0.4) is 0 Å². The minimum atomic E-state index is 0.146. The Balaban J connectivity index is 1.34. The number of hydrogen-bond acceptors (Lipinski definition) is 0. The Kier molecular flexibility index (Phi) is 8.68. The molecule has 2 radical (unpaired) electrons. The molecule has 2 unspecified atom stereocenters. The Morgan fingerprint density at radius 2 is 0.875 bits per heavy atom. The Bertz CT molecular complexity index is 1730. The molecule has 2 atom stereocenters. The lowest BCUT2D eigenvalue weighted by Crippen LogP contribution is -2.23. The van der Waals surface area contributed by atoms with Crippen molar-refractivity contribution in [3.8, 4) is 22.3 Å². The summed E-state index contributed by atoms with van der Waals surface area (Å²) in [4.78, 5) is 0. The maximum Gasteiger partial charge on any atom is 0.0167 e. The highest BCUT2D eigenvalue weighted by Crippen LogP contribution is 2.56. The molecule has 246 valence electrons. The van der Waals surface area contributed by atoms with E-state index in [1.54, 1.807) is 22.3 Å².